The third kappa shape index (κ3) is 3.09. The Bertz CT molecular complexity index is 734. The van der Waals surface area contributed by atoms with Gasteiger partial charge >= 0.3 is 0 Å². The molecule has 1 aliphatic heterocycles. The summed E-state index contributed by atoms with van der Waals surface area (Å²) >= 11 is 5.79. The fourth-order valence-electron chi connectivity index (χ4n) is 2.13. The lowest BCUT2D eigenvalue weighted by Gasteiger charge is -2.10. The molecular formula is C16H12ClFN2O2. The minimum absolute atomic E-state index is 0.0225. The first kappa shape index (κ1) is 14.5. The van der Waals surface area contributed by atoms with Gasteiger partial charge in [-0.25, -0.2) is 4.39 Å². The number of amides is 1. The summed E-state index contributed by atoms with van der Waals surface area (Å²) in [6.07, 6.45) is -0.452. The zero-order valence-corrected chi connectivity index (χ0v) is 12.2. The van der Waals surface area contributed by atoms with Gasteiger partial charge < -0.3 is 10.2 Å². The van der Waals surface area contributed by atoms with E-state index in [-0.39, 0.29) is 5.69 Å². The predicted molar refractivity (Wildman–Crippen MR) is 82.5 cm³/mol. The second-order valence-corrected chi connectivity index (χ2v) is 5.25. The summed E-state index contributed by atoms with van der Waals surface area (Å²) in [5.74, 6) is -1.02. The Labute approximate surface area is 131 Å². The summed E-state index contributed by atoms with van der Waals surface area (Å²) < 4.78 is 13.6. The van der Waals surface area contributed by atoms with Crippen LogP contribution in [0.25, 0.3) is 0 Å². The Kier molecular flexibility index (Phi) is 4.06. The van der Waals surface area contributed by atoms with Crippen LogP contribution in [0, 0.1) is 5.82 Å². The van der Waals surface area contributed by atoms with Crippen molar-refractivity contribution >= 4 is 28.9 Å². The summed E-state index contributed by atoms with van der Waals surface area (Å²) in [7, 11) is 0. The zero-order chi connectivity index (χ0) is 15.5. The van der Waals surface area contributed by atoms with Gasteiger partial charge in [0.2, 0.25) is 6.10 Å². The molecule has 0 aromatic heterocycles. The normalized spacial score (nSPS) is 16.8. The maximum Gasteiger partial charge on any atom is 0.268 e. The molecule has 0 unspecified atom stereocenters. The maximum absolute atomic E-state index is 13.6. The fourth-order valence-corrected chi connectivity index (χ4v) is 2.30. The first-order valence-corrected chi connectivity index (χ1v) is 7.05. The highest BCUT2D eigenvalue weighted by molar-refractivity contribution is 6.30. The van der Waals surface area contributed by atoms with E-state index in [4.69, 9.17) is 16.4 Å². The van der Waals surface area contributed by atoms with Crippen molar-refractivity contribution in [2.45, 2.75) is 12.5 Å². The van der Waals surface area contributed by atoms with Crippen molar-refractivity contribution < 1.29 is 14.0 Å². The van der Waals surface area contributed by atoms with Crippen LogP contribution in [-0.2, 0) is 9.63 Å². The summed E-state index contributed by atoms with van der Waals surface area (Å²) in [5, 5.41) is 6.73. The van der Waals surface area contributed by atoms with Gasteiger partial charge in [-0.3, -0.25) is 4.79 Å². The van der Waals surface area contributed by atoms with E-state index in [0.717, 1.165) is 5.56 Å². The lowest BCUT2D eigenvalue weighted by atomic mass is 10.0. The molecule has 6 heteroatoms. The second kappa shape index (κ2) is 6.15. The average molecular weight is 319 g/mol. The van der Waals surface area contributed by atoms with E-state index in [0.29, 0.717) is 17.2 Å². The molecule has 22 heavy (non-hydrogen) atoms. The average Bonchev–Trinajstić information content (AvgIpc) is 3.02. The Morgan fingerprint density at radius 3 is 2.82 bits per heavy atom. The van der Waals surface area contributed by atoms with Gasteiger partial charge in [-0.2, -0.15) is 0 Å². The number of rotatable bonds is 3. The van der Waals surface area contributed by atoms with Gasteiger partial charge in [0, 0.05) is 11.4 Å². The van der Waals surface area contributed by atoms with Gasteiger partial charge in [0.25, 0.3) is 5.91 Å². The Morgan fingerprint density at radius 2 is 2.05 bits per heavy atom. The van der Waals surface area contributed by atoms with E-state index < -0.39 is 17.8 Å². The number of benzene rings is 2. The smallest absolute Gasteiger partial charge is 0.268 e. The van der Waals surface area contributed by atoms with E-state index in [1.54, 1.807) is 0 Å². The molecule has 0 aliphatic carbocycles. The first-order valence-electron chi connectivity index (χ1n) is 6.67. The van der Waals surface area contributed by atoms with Crippen LogP contribution >= 0.6 is 11.6 Å². The number of hydrogen-bond acceptors (Lipinski definition) is 3. The minimum atomic E-state index is -0.784. The number of hydrogen-bond donors (Lipinski definition) is 1. The Morgan fingerprint density at radius 1 is 1.27 bits per heavy atom. The highest BCUT2D eigenvalue weighted by atomic mass is 35.5. The van der Waals surface area contributed by atoms with E-state index in [1.807, 2.05) is 30.3 Å². The number of anilines is 1. The molecule has 0 spiro atoms. The van der Waals surface area contributed by atoms with Crippen LogP contribution in [-0.4, -0.2) is 17.7 Å². The number of halogens is 2. The molecule has 112 valence electrons. The fraction of sp³-hybridized carbons (Fsp3) is 0.125. The van der Waals surface area contributed by atoms with E-state index in [2.05, 4.69) is 10.5 Å². The zero-order valence-electron chi connectivity index (χ0n) is 11.4. The topological polar surface area (TPSA) is 50.7 Å². The van der Waals surface area contributed by atoms with Crippen LogP contribution in [0.3, 0.4) is 0 Å². The maximum atomic E-state index is 13.6. The third-order valence-corrected chi connectivity index (χ3v) is 3.49. The van der Waals surface area contributed by atoms with Crippen LogP contribution in [0.5, 0.6) is 0 Å². The van der Waals surface area contributed by atoms with Gasteiger partial charge in [0.05, 0.1) is 11.4 Å². The lowest BCUT2D eigenvalue weighted by molar-refractivity contribution is -0.125. The monoisotopic (exact) mass is 318 g/mol. The molecule has 3 rings (SSSR count). The molecule has 1 amide bonds. The van der Waals surface area contributed by atoms with Crippen LogP contribution in [0.4, 0.5) is 10.1 Å². The van der Waals surface area contributed by atoms with Gasteiger partial charge in [0.15, 0.2) is 0 Å². The standard InChI is InChI=1S/C16H12ClFN2O2/c17-11-6-7-12(18)14(8-11)19-16(21)15-9-13(20-22-15)10-4-2-1-3-5-10/h1-8,15H,9H2,(H,19,21)/t15-/m1/s1. The predicted octanol–water partition coefficient (Wildman–Crippen LogP) is 3.61. The summed E-state index contributed by atoms with van der Waals surface area (Å²) in [4.78, 5) is 17.3. The van der Waals surface area contributed by atoms with Gasteiger partial charge in [-0.05, 0) is 23.8 Å². The van der Waals surface area contributed by atoms with Crippen LogP contribution < -0.4 is 5.32 Å². The van der Waals surface area contributed by atoms with Crippen molar-refractivity contribution in [3.05, 3.63) is 64.9 Å². The van der Waals surface area contributed by atoms with Gasteiger partial charge in [-0.1, -0.05) is 47.1 Å². The molecule has 1 N–H and O–H groups in total. The minimum Gasteiger partial charge on any atom is -0.382 e. The Hall–Kier alpha value is -2.40. The molecule has 0 radical (unpaired) electrons. The van der Waals surface area contributed by atoms with Crippen molar-refractivity contribution in [2.24, 2.45) is 5.16 Å². The van der Waals surface area contributed by atoms with E-state index in [9.17, 15) is 9.18 Å². The molecule has 0 bridgehead atoms. The quantitative estimate of drug-likeness (QED) is 0.940. The molecule has 0 fully saturated rings. The summed E-state index contributed by atoms with van der Waals surface area (Å²) in [6, 6.07) is 13.4. The molecule has 0 saturated heterocycles. The molecular weight excluding hydrogens is 307 g/mol. The molecule has 4 nitrogen and oxygen atoms in total. The first-order chi connectivity index (χ1) is 10.6. The lowest BCUT2D eigenvalue weighted by Crippen LogP contribution is -2.28. The second-order valence-electron chi connectivity index (χ2n) is 4.82. The highest BCUT2D eigenvalue weighted by Crippen LogP contribution is 2.22. The molecule has 1 aliphatic rings. The van der Waals surface area contributed by atoms with Crippen molar-refractivity contribution in [2.75, 3.05) is 5.32 Å². The van der Waals surface area contributed by atoms with E-state index in [1.165, 1.54) is 18.2 Å². The van der Waals surface area contributed by atoms with Crippen molar-refractivity contribution in [3.63, 3.8) is 0 Å². The highest BCUT2D eigenvalue weighted by Gasteiger charge is 2.29. The summed E-state index contributed by atoms with van der Waals surface area (Å²) in [6.45, 7) is 0. The van der Waals surface area contributed by atoms with Crippen LogP contribution in [0.1, 0.15) is 12.0 Å². The van der Waals surface area contributed by atoms with Crippen LogP contribution in [0.15, 0.2) is 53.7 Å². The molecule has 1 atom stereocenters. The SMILES string of the molecule is O=C(Nc1cc(Cl)ccc1F)[C@H]1CC(c2ccccc2)=NO1. The molecule has 0 saturated carbocycles. The van der Waals surface area contributed by atoms with Crippen molar-refractivity contribution in [1.82, 2.24) is 0 Å². The van der Waals surface area contributed by atoms with Crippen LogP contribution in [0.2, 0.25) is 5.02 Å². The van der Waals surface area contributed by atoms with E-state index >= 15 is 0 Å². The number of carbonyl (C=O) groups is 1. The largest absolute Gasteiger partial charge is 0.382 e. The molecule has 1 heterocycles. The summed E-state index contributed by atoms with van der Waals surface area (Å²) in [5.41, 5.74) is 1.60. The molecule has 2 aromatic rings. The third-order valence-electron chi connectivity index (χ3n) is 3.25. The number of nitrogens with zero attached hydrogens (tertiary/aromatic N) is 1. The van der Waals surface area contributed by atoms with Gasteiger partial charge in [0.1, 0.15) is 5.82 Å². The van der Waals surface area contributed by atoms with Gasteiger partial charge in [-0.15, -0.1) is 0 Å². The van der Waals surface area contributed by atoms with Crippen molar-refractivity contribution in [1.29, 1.82) is 0 Å². The number of carbonyl (C=O) groups excluding carboxylic acids is 1. The molecule has 2 aromatic carbocycles. The van der Waals surface area contributed by atoms with Crippen molar-refractivity contribution in [3.8, 4) is 0 Å². The Balaban J connectivity index is 1.67. The number of nitrogens with one attached hydrogen (secondary N) is 1. The number of oxime groups is 1.